The lowest BCUT2D eigenvalue weighted by Gasteiger charge is -2.04. The second kappa shape index (κ2) is 4.99. The van der Waals surface area contributed by atoms with Crippen LogP contribution in [0.2, 0.25) is 0 Å². The monoisotopic (exact) mass is 272 g/mol. The van der Waals surface area contributed by atoms with Crippen LogP contribution in [0.15, 0.2) is 48.1 Å². The van der Waals surface area contributed by atoms with Crippen LogP contribution < -0.4 is 4.74 Å². The van der Waals surface area contributed by atoms with Gasteiger partial charge in [0, 0.05) is 0 Å². The summed E-state index contributed by atoms with van der Waals surface area (Å²) < 4.78 is 6.76. The molecule has 0 aliphatic carbocycles. The fraction of sp³-hybridized carbons (Fsp3) is 0. The summed E-state index contributed by atoms with van der Waals surface area (Å²) in [6.45, 7) is 0. The van der Waals surface area contributed by atoms with E-state index < -0.39 is 0 Å². The Bertz CT molecular complexity index is 662. The highest BCUT2D eigenvalue weighted by Crippen LogP contribution is 2.17. The molecule has 0 saturated heterocycles. The number of tetrazole rings is 1. The van der Waals surface area contributed by atoms with Crippen molar-refractivity contribution < 1.29 is 9.53 Å². The van der Waals surface area contributed by atoms with Gasteiger partial charge in [0.1, 0.15) is 17.0 Å². The molecule has 0 aliphatic heterocycles. The van der Waals surface area contributed by atoms with Gasteiger partial charge in [0.15, 0.2) is 0 Å². The summed E-state index contributed by atoms with van der Waals surface area (Å²) in [4.78, 5) is 12.3. The minimum absolute atomic E-state index is 0.356. The van der Waals surface area contributed by atoms with Crippen LogP contribution in [0.3, 0.4) is 0 Å². The summed E-state index contributed by atoms with van der Waals surface area (Å²) in [5.74, 6) is 0.125. The largest absolute Gasteiger partial charge is 0.422 e. The number of carbonyl (C=O) groups is 1. The minimum Gasteiger partial charge on any atom is -0.422 e. The van der Waals surface area contributed by atoms with E-state index in [1.807, 2.05) is 11.4 Å². The topological polar surface area (TPSA) is 69.9 Å². The zero-order chi connectivity index (χ0) is 13.1. The molecule has 19 heavy (non-hydrogen) atoms. The van der Waals surface area contributed by atoms with Crippen molar-refractivity contribution in [3.05, 3.63) is 53.0 Å². The summed E-state index contributed by atoms with van der Waals surface area (Å²) in [6.07, 6.45) is 1.49. The summed E-state index contributed by atoms with van der Waals surface area (Å²) >= 11 is 1.35. The van der Waals surface area contributed by atoms with Crippen LogP contribution in [0.5, 0.6) is 5.75 Å². The van der Waals surface area contributed by atoms with Crippen molar-refractivity contribution in [2.24, 2.45) is 0 Å². The van der Waals surface area contributed by atoms with Gasteiger partial charge in [-0.1, -0.05) is 6.07 Å². The summed E-state index contributed by atoms with van der Waals surface area (Å²) in [6, 6.07) is 10.5. The van der Waals surface area contributed by atoms with E-state index in [-0.39, 0.29) is 5.97 Å². The molecule has 3 rings (SSSR count). The number of esters is 1. The van der Waals surface area contributed by atoms with Gasteiger partial charge >= 0.3 is 5.97 Å². The Balaban J connectivity index is 1.75. The number of carbonyl (C=O) groups excluding carboxylic acids is 1. The first kappa shape index (κ1) is 11.5. The van der Waals surface area contributed by atoms with Gasteiger partial charge in [-0.25, -0.2) is 9.48 Å². The molecule has 0 bridgehead atoms. The summed E-state index contributed by atoms with van der Waals surface area (Å²) in [5.41, 5.74) is 0.793. The van der Waals surface area contributed by atoms with Crippen molar-refractivity contribution in [2.45, 2.75) is 0 Å². The van der Waals surface area contributed by atoms with Gasteiger partial charge in [-0.15, -0.1) is 16.4 Å². The lowest BCUT2D eigenvalue weighted by molar-refractivity contribution is 0.0740. The highest BCUT2D eigenvalue weighted by molar-refractivity contribution is 7.12. The molecule has 0 spiro atoms. The maximum absolute atomic E-state index is 11.7. The molecule has 0 saturated carbocycles. The van der Waals surface area contributed by atoms with Crippen molar-refractivity contribution in [3.63, 3.8) is 0 Å². The maximum atomic E-state index is 11.7. The average molecular weight is 272 g/mol. The lowest BCUT2D eigenvalue weighted by atomic mass is 10.3. The quantitative estimate of drug-likeness (QED) is 0.538. The molecule has 0 fully saturated rings. The Morgan fingerprint density at radius 2 is 2.05 bits per heavy atom. The predicted molar refractivity (Wildman–Crippen MR) is 68.4 cm³/mol. The first-order chi connectivity index (χ1) is 9.33. The maximum Gasteiger partial charge on any atom is 0.353 e. The smallest absolute Gasteiger partial charge is 0.353 e. The van der Waals surface area contributed by atoms with E-state index in [4.69, 9.17) is 4.74 Å². The van der Waals surface area contributed by atoms with Crippen LogP contribution in [-0.2, 0) is 0 Å². The molecule has 7 heteroatoms. The molecule has 0 atom stereocenters. The van der Waals surface area contributed by atoms with E-state index in [0.717, 1.165) is 5.69 Å². The molecule has 1 aromatic carbocycles. The molecule has 0 radical (unpaired) electrons. The van der Waals surface area contributed by atoms with E-state index in [1.165, 1.54) is 22.3 Å². The molecule has 0 aliphatic rings. The summed E-state index contributed by atoms with van der Waals surface area (Å²) in [5, 5.41) is 12.7. The van der Waals surface area contributed by atoms with Gasteiger partial charge in [0.2, 0.25) is 0 Å². The van der Waals surface area contributed by atoms with Crippen molar-refractivity contribution in [1.29, 1.82) is 0 Å². The highest BCUT2D eigenvalue weighted by atomic mass is 32.1. The van der Waals surface area contributed by atoms with Gasteiger partial charge in [-0.3, -0.25) is 0 Å². The third-order valence-electron chi connectivity index (χ3n) is 2.38. The molecule has 2 aromatic heterocycles. The fourth-order valence-corrected chi connectivity index (χ4v) is 2.10. The zero-order valence-corrected chi connectivity index (χ0v) is 10.4. The third-order valence-corrected chi connectivity index (χ3v) is 3.23. The van der Waals surface area contributed by atoms with E-state index in [1.54, 1.807) is 30.3 Å². The molecule has 94 valence electrons. The van der Waals surface area contributed by atoms with Gasteiger partial charge < -0.3 is 4.74 Å². The van der Waals surface area contributed by atoms with Crippen LogP contribution in [0.25, 0.3) is 5.69 Å². The van der Waals surface area contributed by atoms with E-state index in [9.17, 15) is 4.79 Å². The van der Waals surface area contributed by atoms with Crippen LogP contribution in [-0.4, -0.2) is 26.2 Å². The molecule has 0 unspecified atom stereocenters. The third kappa shape index (κ3) is 2.50. The second-order valence-corrected chi connectivity index (χ2v) is 4.56. The number of aromatic nitrogens is 4. The molecule has 0 N–H and O–H groups in total. The fourth-order valence-electron chi connectivity index (χ4n) is 1.50. The first-order valence-corrected chi connectivity index (χ1v) is 6.30. The van der Waals surface area contributed by atoms with E-state index >= 15 is 0 Å². The van der Waals surface area contributed by atoms with Crippen LogP contribution in [0, 0.1) is 0 Å². The molecule has 2 heterocycles. The van der Waals surface area contributed by atoms with Crippen molar-refractivity contribution in [1.82, 2.24) is 20.2 Å². The summed E-state index contributed by atoms with van der Waals surface area (Å²) in [7, 11) is 0. The molecular formula is C12H8N4O2S. The highest BCUT2D eigenvalue weighted by Gasteiger charge is 2.09. The Hall–Kier alpha value is -2.54. The zero-order valence-electron chi connectivity index (χ0n) is 9.63. The average Bonchev–Trinajstić information content (AvgIpc) is 3.13. The Labute approximate surface area is 112 Å². The van der Waals surface area contributed by atoms with Gasteiger partial charge in [-0.2, -0.15) is 0 Å². The Morgan fingerprint density at radius 3 is 2.68 bits per heavy atom. The van der Waals surface area contributed by atoms with Crippen LogP contribution in [0.1, 0.15) is 9.67 Å². The molecule has 3 aromatic rings. The number of thiophene rings is 1. The van der Waals surface area contributed by atoms with Crippen LogP contribution >= 0.6 is 11.3 Å². The number of nitrogens with zero attached hydrogens (tertiary/aromatic N) is 4. The standard InChI is InChI=1S/C12H8N4O2S/c17-12(11-2-1-7-19-11)18-10-5-3-9(4-6-10)16-8-13-14-15-16/h1-8H. The SMILES string of the molecule is O=C(Oc1ccc(-n2cnnn2)cc1)c1cccs1. The predicted octanol–water partition coefficient (Wildman–Crippen LogP) is 1.94. The number of rotatable bonds is 3. The Kier molecular flexibility index (Phi) is 3.03. The first-order valence-electron chi connectivity index (χ1n) is 5.42. The molecule has 0 amide bonds. The van der Waals surface area contributed by atoms with Gasteiger partial charge in [0.05, 0.1) is 5.69 Å². The number of hydrogen-bond acceptors (Lipinski definition) is 6. The van der Waals surface area contributed by atoms with Gasteiger partial charge in [0.25, 0.3) is 0 Å². The lowest BCUT2D eigenvalue weighted by Crippen LogP contribution is -2.06. The second-order valence-electron chi connectivity index (χ2n) is 3.62. The normalized spacial score (nSPS) is 10.3. The minimum atomic E-state index is -0.356. The van der Waals surface area contributed by atoms with Gasteiger partial charge in [-0.05, 0) is 46.1 Å². The number of benzene rings is 1. The van der Waals surface area contributed by atoms with E-state index in [0.29, 0.717) is 10.6 Å². The van der Waals surface area contributed by atoms with Crippen molar-refractivity contribution >= 4 is 17.3 Å². The number of ether oxygens (including phenoxy) is 1. The number of hydrogen-bond donors (Lipinski definition) is 0. The van der Waals surface area contributed by atoms with E-state index in [2.05, 4.69) is 15.5 Å². The Morgan fingerprint density at radius 1 is 1.21 bits per heavy atom. The van der Waals surface area contributed by atoms with Crippen molar-refractivity contribution in [2.75, 3.05) is 0 Å². The van der Waals surface area contributed by atoms with Crippen LogP contribution in [0.4, 0.5) is 0 Å². The molecular weight excluding hydrogens is 264 g/mol. The molecule has 6 nitrogen and oxygen atoms in total. The van der Waals surface area contributed by atoms with Crippen molar-refractivity contribution in [3.8, 4) is 11.4 Å².